The molecule has 150 valence electrons. The molecule has 1 unspecified atom stereocenters. The summed E-state index contributed by atoms with van der Waals surface area (Å²) in [5.41, 5.74) is 0.672. The van der Waals surface area contributed by atoms with E-state index in [2.05, 4.69) is 10.6 Å². The van der Waals surface area contributed by atoms with Crippen molar-refractivity contribution in [2.24, 2.45) is 11.8 Å². The average Bonchev–Trinajstić information content (AvgIpc) is 3.13. The number of hydrogen-bond donors (Lipinski definition) is 2. The first-order valence-electron chi connectivity index (χ1n) is 10.1. The topological polar surface area (TPSA) is 81.8 Å². The van der Waals surface area contributed by atoms with E-state index < -0.39 is 11.6 Å². The summed E-state index contributed by atoms with van der Waals surface area (Å²) in [4.78, 5) is 41.3. The highest BCUT2D eigenvalue weighted by Crippen LogP contribution is 2.30. The van der Waals surface area contributed by atoms with Crippen LogP contribution in [0.3, 0.4) is 0 Å². The van der Waals surface area contributed by atoms with Gasteiger partial charge in [0.05, 0.1) is 0 Å². The molecule has 0 saturated carbocycles. The van der Waals surface area contributed by atoms with Gasteiger partial charge in [-0.2, -0.15) is 0 Å². The second kappa shape index (κ2) is 7.20. The Labute approximate surface area is 165 Å². The number of urea groups is 1. The van der Waals surface area contributed by atoms with Crippen LogP contribution in [0.4, 0.5) is 4.79 Å². The van der Waals surface area contributed by atoms with Gasteiger partial charge >= 0.3 is 6.03 Å². The second-order valence-electron chi connectivity index (χ2n) is 8.45. The van der Waals surface area contributed by atoms with Crippen molar-refractivity contribution in [3.63, 3.8) is 0 Å². The third kappa shape index (κ3) is 3.28. The molecule has 7 nitrogen and oxygen atoms in total. The quantitative estimate of drug-likeness (QED) is 0.768. The number of benzene rings is 1. The molecular weight excluding hydrogens is 356 g/mol. The number of imide groups is 1. The first kappa shape index (κ1) is 18.9. The molecule has 3 atom stereocenters. The number of aryl methyl sites for hydroxylation is 1. The monoisotopic (exact) mass is 384 g/mol. The van der Waals surface area contributed by atoms with Gasteiger partial charge in [0.1, 0.15) is 12.1 Å². The molecule has 0 spiro atoms. The zero-order valence-electron chi connectivity index (χ0n) is 16.5. The standard InChI is InChI=1S/C21H28N4O3/c1-14-3-5-17(6-4-14)21(2)19(27)25(20(28)23-21)13-18(26)24-9-7-15-11-22-12-16(15)8-10-24/h3-6,15-16,22H,7-13H2,1-2H3,(H,23,28)/t15-,16+,21?. The maximum absolute atomic E-state index is 13.0. The lowest BCUT2D eigenvalue weighted by molar-refractivity contribution is -0.138. The molecule has 3 fully saturated rings. The second-order valence-corrected chi connectivity index (χ2v) is 8.45. The third-order valence-electron chi connectivity index (χ3n) is 6.57. The van der Waals surface area contributed by atoms with E-state index in [0.29, 0.717) is 24.9 Å². The van der Waals surface area contributed by atoms with Crippen molar-refractivity contribution in [3.8, 4) is 0 Å². The number of nitrogens with zero attached hydrogens (tertiary/aromatic N) is 2. The summed E-state index contributed by atoms with van der Waals surface area (Å²) in [6, 6.07) is 7.02. The summed E-state index contributed by atoms with van der Waals surface area (Å²) >= 11 is 0. The number of carbonyl (C=O) groups is 3. The Kier molecular flexibility index (Phi) is 4.87. The van der Waals surface area contributed by atoms with E-state index in [1.165, 1.54) is 0 Å². The van der Waals surface area contributed by atoms with Crippen LogP contribution in [0.15, 0.2) is 24.3 Å². The lowest BCUT2D eigenvalue weighted by Gasteiger charge is -2.24. The fourth-order valence-corrected chi connectivity index (χ4v) is 4.63. The van der Waals surface area contributed by atoms with E-state index in [1.54, 1.807) is 6.92 Å². The Bertz CT molecular complexity index is 779. The highest BCUT2D eigenvalue weighted by atomic mass is 16.2. The number of likely N-dealkylation sites (tertiary alicyclic amines) is 1. The number of hydrogen-bond acceptors (Lipinski definition) is 4. The van der Waals surface area contributed by atoms with Crippen molar-refractivity contribution in [1.82, 2.24) is 20.4 Å². The van der Waals surface area contributed by atoms with Gasteiger partial charge in [-0.1, -0.05) is 29.8 Å². The normalized spacial score (nSPS) is 30.2. The summed E-state index contributed by atoms with van der Waals surface area (Å²) in [6.45, 7) is 6.91. The number of amides is 4. The molecule has 4 rings (SSSR count). The molecule has 0 bridgehead atoms. The molecule has 3 heterocycles. The number of nitrogens with one attached hydrogen (secondary N) is 2. The third-order valence-corrected chi connectivity index (χ3v) is 6.57. The smallest absolute Gasteiger partial charge is 0.325 e. The van der Waals surface area contributed by atoms with Gasteiger partial charge in [-0.05, 0) is 57.2 Å². The summed E-state index contributed by atoms with van der Waals surface area (Å²) in [5.74, 6) is 0.730. The molecule has 4 amide bonds. The van der Waals surface area contributed by atoms with Crippen LogP contribution in [0.5, 0.6) is 0 Å². The van der Waals surface area contributed by atoms with Crippen molar-refractivity contribution < 1.29 is 14.4 Å². The molecule has 7 heteroatoms. The van der Waals surface area contributed by atoms with Crippen LogP contribution < -0.4 is 10.6 Å². The lowest BCUT2D eigenvalue weighted by Crippen LogP contribution is -2.45. The predicted molar refractivity (Wildman–Crippen MR) is 104 cm³/mol. The van der Waals surface area contributed by atoms with Crippen molar-refractivity contribution >= 4 is 17.8 Å². The van der Waals surface area contributed by atoms with Gasteiger partial charge < -0.3 is 15.5 Å². The number of rotatable bonds is 3. The van der Waals surface area contributed by atoms with Gasteiger partial charge in [-0.15, -0.1) is 0 Å². The van der Waals surface area contributed by atoms with E-state index in [1.807, 2.05) is 36.1 Å². The minimum absolute atomic E-state index is 0.149. The fourth-order valence-electron chi connectivity index (χ4n) is 4.63. The SMILES string of the molecule is Cc1ccc(C2(C)NC(=O)N(CC(=O)N3CC[C@@H]4CNC[C@@H]4CC3)C2=O)cc1. The van der Waals surface area contributed by atoms with Gasteiger partial charge in [-0.25, -0.2) is 4.79 Å². The highest BCUT2D eigenvalue weighted by Gasteiger charge is 2.49. The van der Waals surface area contributed by atoms with Crippen LogP contribution >= 0.6 is 0 Å². The molecule has 3 aliphatic heterocycles. The lowest BCUT2D eigenvalue weighted by atomic mass is 9.91. The molecule has 1 aromatic rings. The summed E-state index contributed by atoms with van der Waals surface area (Å²) in [7, 11) is 0. The molecule has 3 aliphatic rings. The molecule has 28 heavy (non-hydrogen) atoms. The maximum atomic E-state index is 13.0. The predicted octanol–water partition coefficient (Wildman–Crippen LogP) is 1.22. The first-order valence-corrected chi connectivity index (χ1v) is 10.1. The van der Waals surface area contributed by atoms with Crippen molar-refractivity contribution in [2.75, 3.05) is 32.7 Å². The maximum Gasteiger partial charge on any atom is 0.325 e. The first-order chi connectivity index (χ1) is 13.4. The Morgan fingerprint density at radius 2 is 1.71 bits per heavy atom. The Morgan fingerprint density at radius 3 is 2.32 bits per heavy atom. The minimum atomic E-state index is -1.13. The molecule has 0 aromatic heterocycles. The van der Waals surface area contributed by atoms with Gasteiger partial charge in [0, 0.05) is 13.1 Å². The Balaban J connectivity index is 1.44. The van der Waals surface area contributed by atoms with Crippen molar-refractivity contribution in [2.45, 2.75) is 32.2 Å². The zero-order chi connectivity index (χ0) is 19.9. The summed E-state index contributed by atoms with van der Waals surface area (Å²) in [5, 5.41) is 6.20. The summed E-state index contributed by atoms with van der Waals surface area (Å²) in [6.07, 6.45) is 1.95. The van der Waals surface area contributed by atoms with E-state index in [-0.39, 0.29) is 18.4 Å². The average molecular weight is 384 g/mol. The van der Waals surface area contributed by atoms with Crippen molar-refractivity contribution in [3.05, 3.63) is 35.4 Å². The van der Waals surface area contributed by atoms with E-state index in [4.69, 9.17) is 0 Å². The van der Waals surface area contributed by atoms with Gasteiger partial charge in [0.15, 0.2) is 0 Å². The van der Waals surface area contributed by atoms with Crippen LogP contribution in [-0.2, 0) is 15.1 Å². The zero-order valence-corrected chi connectivity index (χ0v) is 16.5. The van der Waals surface area contributed by atoms with E-state index >= 15 is 0 Å². The largest absolute Gasteiger partial charge is 0.341 e. The Hall–Kier alpha value is -2.41. The highest BCUT2D eigenvalue weighted by molar-refractivity contribution is 6.09. The van der Waals surface area contributed by atoms with E-state index in [0.717, 1.165) is 42.0 Å². The number of fused-ring (bicyclic) bond motifs is 1. The van der Waals surface area contributed by atoms with E-state index in [9.17, 15) is 14.4 Å². The van der Waals surface area contributed by atoms with Gasteiger partial charge in [0.25, 0.3) is 5.91 Å². The van der Waals surface area contributed by atoms with Crippen molar-refractivity contribution in [1.29, 1.82) is 0 Å². The number of carbonyl (C=O) groups excluding carboxylic acids is 3. The van der Waals surface area contributed by atoms with Crippen LogP contribution in [0.2, 0.25) is 0 Å². The fraction of sp³-hybridized carbons (Fsp3) is 0.571. The molecule has 0 aliphatic carbocycles. The minimum Gasteiger partial charge on any atom is -0.341 e. The molecule has 3 saturated heterocycles. The molecule has 0 radical (unpaired) electrons. The molecule has 2 N–H and O–H groups in total. The van der Waals surface area contributed by atoms with Crippen LogP contribution in [0, 0.1) is 18.8 Å². The Morgan fingerprint density at radius 1 is 1.11 bits per heavy atom. The molecule has 1 aromatic carbocycles. The molecular formula is C21H28N4O3. The van der Waals surface area contributed by atoms with Crippen LogP contribution in [-0.4, -0.2) is 60.4 Å². The van der Waals surface area contributed by atoms with Crippen LogP contribution in [0.25, 0.3) is 0 Å². The van der Waals surface area contributed by atoms with Gasteiger partial charge in [-0.3, -0.25) is 14.5 Å². The van der Waals surface area contributed by atoms with Crippen LogP contribution in [0.1, 0.15) is 30.9 Å². The summed E-state index contributed by atoms with van der Waals surface area (Å²) < 4.78 is 0. The van der Waals surface area contributed by atoms with Gasteiger partial charge in [0.2, 0.25) is 5.91 Å².